The van der Waals surface area contributed by atoms with Crippen molar-refractivity contribution in [2.45, 2.75) is 25.8 Å². The number of carbonyl (C=O) groups is 1. The Balaban J connectivity index is 1.61. The van der Waals surface area contributed by atoms with Gasteiger partial charge in [0.15, 0.2) is 11.5 Å². The third kappa shape index (κ3) is 4.30. The molecule has 4 rings (SSSR count). The molecule has 3 aromatic rings. The molecular weight excluding hydrogens is 404 g/mol. The van der Waals surface area contributed by atoms with Gasteiger partial charge in [-0.3, -0.25) is 4.79 Å². The van der Waals surface area contributed by atoms with Crippen LogP contribution >= 0.6 is 0 Å². The molecule has 164 valence electrons. The Kier molecular flexibility index (Phi) is 5.86. The van der Waals surface area contributed by atoms with Gasteiger partial charge < -0.3 is 14.2 Å². The Hall–Kier alpha value is -3.80. The lowest BCUT2D eigenvalue weighted by molar-refractivity contribution is 0.0612. The summed E-state index contributed by atoms with van der Waals surface area (Å²) in [5, 5.41) is 6.25. The predicted molar refractivity (Wildman–Crippen MR) is 124 cm³/mol. The van der Waals surface area contributed by atoms with Gasteiger partial charge in [-0.1, -0.05) is 24.3 Å². The first kappa shape index (κ1) is 21.4. The zero-order chi connectivity index (χ0) is 22.7. The van der Waals surface area contributed by atoms with Gasteiger partial charge in [0.1, 0.15) is 11.5 Å². The largest absolute Gasteiger partial charge is 0.493 e. The van der Waals surface area contributed by atoms with Crippen LogP contribution < -0.4 is 14.2 Å². The van der Waals surface area contributed by atoms with Gasteiger partial charge in [0.25, 0.3) is 5.91 Å². The van der Waals surface area contributed by atoms with E-state index in [4.69, 9.17) is 19.3 Å². The molecule has 0 atom stereocenters. The molecule has 0 spiro atoms. The van der Waals surface area contributed by atoms with E-state index in [0.717, 1.165) is 11.3 Å². The van der Waals surface area contributed by atoms with E-state index in [2.05, 4.69) is 0 Å². The molecule has 1 heterocycles. The first-order chi connectivity index (χ1) is 15.4. The summed E-state index contributed by atoms with van der Waals surface area (Å²) in [6, 6.07) is 22.3. The van der Waals surface area contributed by atoms with E-state index in [1.165, 1.54) is 0 Å². The number of amides is 1. The molecule has 0 N–H and O–H groups in total. The van der Waals surface area contributed by atoms with Crippen molar-refractivity contribution in [3.8, 4) is 23.0 Å². The van der Waals surface area contributed by atoms with Crippen molar-refractivity contribution in [1.82, 2.24) is 5.01 Å². The van der Waals surface area contributed by atoms with Gasteiger partial charge >= 0.3 is 0 Å². The average molecular weight is 431 g/mol. The van der Waals surface area contributed by atoms with Crippen molar-refractivity contribution in [3.05, 3.63) is 83.9 Å². The predicted octanol–water partition coefficient (Wildman–Crippen LogP) is 5.52. The molecule has 3 aromatic carbocycles. The number of carbonyl (C=O) groups excluding carboxylic acids is 1. The Morgan fingerprint density at radius 3 is 2.31 bits per heavy atom. The van der Waals surface area contributed by atoms with Crippen molar-refractivity contribution < 1.29 is 19.0 Å². The SMILES string of the molecule is COc1ccc(C2=NN(C(=O)c3cccc(Oc4ccccc4)c3)C(C)(C)C2)cc1OC. The Labute approximate surface area is 188 Å². The van der Waals surface area contributed by atoms with Crippen LogP contribution in [0.4, 0.5) is 0 Å². The van der Waals surface area contributed by atoms with E-state index in [1.807, 2.05) is 74.5 Å². The molecule has 32 heavy (non-hydrogen) atoms. The molecular formula is C26H26N2O4. The molecule has 6 nitrogen and oxygen atoms in total. The minimum atomic E-state index is -0.476. The highest BCUT2D eigenvalue weighted by Gasteiger charge is 2.39. The Bertz CT molecular complexity index is 1160. The molecule has 0 radical (unpaired) electrons. The van der Waals surface area contributed by atoms with E-state index < -0.39 is 5.54 Å². The number of benzene rings is 3. The van der Waals surface area contributed by atoms with Crippen LogP contribution in [0.5, 0.6) is 23.0 Å². The lowest BCUT2D eigenvalue weighted by Crippen LogP contribution is -2.40. The van der Waals surface area contributed by atoms with Gasteiger partial charge in [-0.05, 0) is 62.4 Å². The van der Waals surface area contributed by atoms with E-state index >= 15 is 0 Å². The molecule has 6 heteroatoms. The maximum atomic E-state index is 13.4. The topological polar surface area (TPSA) is 60.4 Å². The zero-order valence-electron chi connectivity index (χ0n) is 18.7. The molecule has 0 saturated carbocycles. The maximum Gasteiger partial charge on any atom is 0.274 e. The monoisotopic (exact) mass is 430 g/mol. The summed E-state index contributed by atoms with van der Waals surface area (Å²) in [5.41, 5.74) is 1.76. The number of para-hydroxylation sites is 1. The van der Waals surface area contributed by atoms with Crippen molar-refractivity contribution in [2.24, 2.45) is 5.10 Å². The number of methoxy groups -OCH3 is 2. The second-order valence-corrected chi connectivity index (χ2v) is 8.17. The molecule has 0 aliphatic carbocycles. The summed E-state index contributed by atoms with van der Waals surface area (Å²) in [6.07, 6.45) is 0.619. The smallest absolute Gasteiger partial charge is 0.274 e. The standard InChI is InChI=1S/C26H26N2O4/c1-26(2)17-22(18-13-14-23(30-3)24(16-18)31-4)27-28(26)25(29)19-9-8-12-21(15-19)32-20-10-6-5-7-11-20/h5-16H,17H2,1-4H3. The molecule has 0 saturated heterocycles. The number of rotatable bonds is 6. The maximum absolute atomic E-state index is 13.4. The van der Waals surface area contributed by atoms with Crippen LogP contribution in [0, 0.1) is 0 Å². The summed E-state index contributed by atoms with van der Waals surface area (Å²) < 4.78 is 16.6. The zero-order valence-corrected chi connectivity index (χ0v) is 18.7. The van der Waals surface area contributed by atoms with Crippen LogP contribution in [-0.2, 0) is 0 Å². The van der Waals surface area contributed by atoms with Crippen LogP contribution in [0.25, 0.3) is 0 Å². The molecule has 1 amide bonds. The fourth-order valence-electron chi connectivity index (χ4n) is 3.71. The van der Waals surface area contributed by atoms with Gasteiger partial charge in [0.05, 0.1) is 25.5 Å². The molecule has 1 aliphatic heterocycles. The van der Waals surface area contributed by atoms with Gasteiger partial charge in [0.2, 0.25) is 0 Å². The van der Waals surface area contributed by atoms with Gasteiger partial charge in [0, 0.05) is 17.5 Å². The van der Waals surface area contributed by atoms with E-state index in [0.29, 0.717) is 35.0 Å². The second-order valence-electron chi connectivity index (χ2n) is 8.17. The minimum Gasteiger partial charge on any atom is -0.493 e. The van der Waals surface area contributed by atoms with Crippen LogP contribution in [0.15, 0.2) is 77.9 Å². The molecule has 0 unspecified atom stereocenters. The molecule has 1 aliphatic rings. The molecule has 0 fully saturated rings. The fraction of sp³-hybridized carbons (Fsp3) is 0.231. The van der Waals surface area contributed by atoms with Gasteiger partial charge in [-0.2, -0.15) is 5.10 Å². The highest BCUT2D eigenvalue weighted by molar-refractivity contribution is 6.05. The van der Waals surface area contributed by atoms with E-state index in [9.17, 15) is 4.79 Å². The minimum absolute atomic E-state index is 0.177. The van der Waals surface area contributed by atoms with E-state index in [1.54, 1.807) is 31.4 Å². The molecule has 0 aromatic heterocycles. The third-order valence-electron chi connectivity index (χ3n) is 5.36. The highest BCUT2D eigenvalue weighted by atomic mass is 16.5. The normalized spacial score (nSPS) is 14.6. The lowest BCUT2D eigenvalue weighted by atomic mass is 9.94. The first-order valence-corrected chi connectivity index (χ1v) is 10.4. The molecule has 0 bridgehead atoms. The summed E-state index contributed by atoms with van der Waals surface area (Å²) in [5.74, 6) is 2.41. The van der Waals surface area contributed by atoms with Gasteiger partial charge in [-0.25, -0.2) is 5.01 Å². The van der Waals surface area contributed by atoms with Crippen LogP contribution in [-0.4, -0.2) is 36.4 Å². The number of hydrogen-bond acceptors (Lipinski definition) is 5. The fourth-order valence-corrected chi connectivity index (χ4v) is 3.71. The first-order valence-electron chi connectivity index (χ1n) is 10.4. The number of hydrogen-bond donors (Lipinski definition) is 0. The highest BCUT2D eigenvalue weighted by Crippen LogP contribution is 2.34. The third-order valence-corrected chi connectivity index (χ3v) is 5.36. The summed E-state index contributed by atoms with van der Waals surface area (Å²) in [4.78, 5) is 13.4. The number of hydrazone groups is 1. The quantitative estimate of drug-likeness (QED) is 0.516. The summed E-state index contributed by atoms with van der Waals surface area (Å²) >= 11 is 0. The van der Waals surface area contributed by atoms with Crippen molar-refractivity contribution >= 4 is 11.6 Å². The Morgan fingerprint density at radius 1 is 0.875 bits per heavy atom. The average Bonchev–Trinajstić information content (AvgIpc) is 3.14. The Morgan fingerprint density at radius 2 is 1.59 bits per heavy atom. The van der Waals surface area contributed by atoms with Crippen LogP contribution in [0.2, 0.25) is 0 Å². The summed E-state index contributed by atoms with van der Waals surface area (Å²) in [6.45, 7) is 4.01. The number of ether oxygens (including phenoxy) is 3. The number of nitrogens with zero attached hydrogens (tertiary/aromatic N) is 2. The lowest BCUT2D eigenvalue weighted by Gasteiger charge is -2.28. The van der Waals surface area contributed by atoms with Crippen molar-refractivity contribution in [3.63, 3.8) is 0 Å². The van der Waals surface area contributed by atoms with Crippen molar-refractivity contribution in [2.75, 3.05) is 14.2 Å². The van der Waals surface area contributed by atoms with Crippen molar-refractivity contribution in [1.29, 1.82) is 0 Å². The summed E-state index contributed by atoms with van der Waals surface area (Å²) in [7, 11) is 3.20. The van der Waals surface area contributed by atoms with Crippen LogP contribution in [0.3, 0.4) is 0 Å². The van der Waals surface area contributed by atoms with E-state index in [-0.39, 0.29) is 5.91 Å². The second kappa shape index (κ2) is 8.75. The van der Waals surface area contributed by atoms with Gasteiger partial charge in [-0.15, -0.1) is 0 Å². The van der Waals surface area contributed by atoms with Crippen LogP contribution in [0.1, 0.15) is 36.2 Å².